The van der Waals surface area contributed by atoms with Crippen molar-refractivity contribution in [1.82, 2.24) is 19.9 Å². The highest BCUT2D eigenvalue weighted by Gasteiger charge is 2.17. The number of benzene rings is 1. The van der Waals surface area contributed by atoms with Gasteiger partial charge in [0.15, 0.2) is 10.8 Å². The Kier molecular flexibility index (Phi) is 5.44. The van der Waals surface area contributed by atoms with Crippen LogP contribution in [0.25, 0.3) is 16.7 Å². The molecule has 0 saturated heterocycles. The van der Waals surface area contributed by atoms with Gasteiger partial charge in [-0.05, 0) is 43.3 Å². The quantitative estimate of drug-likeness (QED) is 0.390. The topological polar surface area (TPSA) is 90.0 Å². The highest BCUT2D eigenvalue weighted by molar-refractivity contribution is 7.99. The molecule has 3 heterocycles. The molecule has 146 valence electrons. The van der Waals surface area contributed by atoms with Crippen molar-refractivity contribution in [2.24, 2.45) is 0 Å². The molecule has 1 N–H and O–H groups in total. The summed E-state index contributed by atoms with van der Waals surface area (Å²) in [6.07, 6.45) is 3.16. The molecule has 3 aromatic heterocycles. The number of aromatic nitrogens is 3. The summed E-state index contributed by atoms with van der Waals surface area (Å²) in [5.41, 5.74) is 0.820. The lowest BCUT2D eigenvalue weighted by Gasteiger charge is -2.14. The fraction of sp³-hybridized carbons (Fsp3) is 0.143. The van der Waals surface area contributed by atoms with Gasteiger partial charge in [-0.1, -0.05) is 30.0 Å². The van der Waals surface area contributed by atoms with Crippen LogP contribution in [-0.4, -0.2) is 26.2 Å². The lowest BCUT2D eigenvalue weighted by molar-refractivity contribution is -0.119. The lowest BCUT2D eigenvalue weighted by Crippen LogP contribution is -2.28. The third kappa shape index (κ3) is 4.07. The molecule has 0 bridgehead atoms. The van der Waals surface area contributed by atoms with Gasteiger partial charge in [0.2, 0.25) is 5.91 Å². The summed E-state index contributed by atoms with van der Waals surface area (Å²) in [5, 5.41) is 3.72. The molecule has 0 aliphatic rings. The molecule has 0 aliphatic carbocycles. The van der Waals surface area contributed by atoms with E-state index in [0.29, 0.717) is 27.6 Å². The van der Waals surface area contributed by atoms with Crippen LogP contribution < -0.4 is 10.9 Å². The zero-order valence-corrected chi connectivity index (χ0v) is 16.4. The Morgan fingerprint density at radius 2 is 2.00 bits per heavy atom. The van der Waals surface area contributed by atoms with Gasteiger partial charge in [-0.25, -0.2) is 9.97 Å². The first-order chi connectivity index (χ1) is 14.1. The Hall–Kier alpha value is -3.39. The Bertz CT molecular complexity index is 1190. The zero-order chi connectivity index (χ0) is 20.2. The van der Waals surface area contributed by atoms with Crippen molar-refractivity contribution in [3.8, 4) is 5.69 Å². The minimum Gasteiger partial charge on any atom is -0.467 e. The fourth-order valence-electron chi connectivity index (χ4n) is 2.92. The average Bonchev–Trinajstić information content (AvgIpc) is 3.28. The number of carbonyl (C=O) groups excluding carboxylic acids is 1. The molecule has 4 aromatic rings. The summed E-state index contributed by atoms with van der Waals surface area (Å²) in [5.74, 6) is 0.592. The standard InChI is InChI=1S/C21H18N4O3S/c1-14(17-10-6-12-28-17)23-18(26)13-29-21-24-19-16(9-5-11-22-19)20(27)25(21)15-7-3-2-4-8-15/h2-12,14H,13H2,1H3,(H,23,26)/t14-/m0/s1. The van der Waals surface area contributed by atoms with Crippen molar-refractivity contribution >= 4 is 28.7 Å². The number of nitrogens with one attached hydrogen (secondary N) is 1. The molecule has 0 unspecified atom stereocenters. The van der Waals surface area contributed by atoms with Crippen LogP contribution in [-0.2, 0) is 4.79 Å². The van der Waals surface area contributed by atoms with Crippen molar-refractivity contribution in [3.05, 3.63) is 83.2 Å². The molecule has 0 spiro atoms. The number of nitrogens with zero attached hydrogens (tertiary/aromatic N) is 3. The SMILES string of the molecule is C[C@H](NC(=O)CSc1nc2ncccc2c(=O)n1-c1ccccc1)c1ccco1. The maximum atomic E-state index is 13.1. The number of furan rings is 1. The van der Waals surface area contributed by atoms with Crippen LogP contribution in [0.5, 0.6) is 0 Å². The van der Waals surface area contributed by atoms with Gasteiger partial charge in [0, 0.05) is 6.20 Å². The van der Waals surface area contributed by atoms with E-state index in [1.807, 2.05) is 43.3 Å². The number of hydrogen-bond donors (Lipinski definition) is 1. The summed E-state index contributed by atoms with van der Waals surface area (Å²) in [4.78, 5) is 34.2. The molecular formula is C21H18N4O3S. The second kappa shape index (κ2) is 8.32. The molecule has 0 aliphatic heterocycles. The molecule has 7 nitrogen and oxygen atoms in total. The molecule has 1 aromatic carbocycles. The van der Waals surface area contributed by atoms with E-state index in [1.165, 1.54) is 16.3 Å². The molecule has 0 radical (unpaired) electrons. The van der Waals surface area contributed by atoms with E-state index in [4.69, 9.17) is 4.42 Å². The highest BCUT2D eigenvalue weighted by Crippen LogP contribution is 2.21. The molecular weight excluding hydrogens is 388 g/mol. The summed E-state index contributed by atoms with van der Waals surface area (Å²) in [6.45, 7) is 1.85. The van der Waals surface area contributed by atoms with Crippen LogP contribution in [0.4, 0.5) is 0 Å². The van der Waals surface area contributed by atoms with Crippen LogP contribution in [0, 0.1) is 0 Å². The van der Waals surface area contributed by atoms with Gasteiger partial charge in [0.05, 0.1) is 29.1 Å². The number of hydrogen-bond acceptors (Lipinski definition) is 6. The van der Waals surface area contributed by atoms with Crippen LogP contribution in [0.15, 0.2) is 81.4 Å². The molecule has 4 rings (SSSR count). The van der Waals surface area contributed by atoms with Gasteiger partial charge in [-0.2, -0.15) is 0 Å². The third-order valence-electron chi connectivity index (χ3n) is 4.31. The Morgan fingerprint density at radius 3 is 2.76 bits per heavy atom. The largest absolute Gasteiger partial charge is 0.467 e. The molecule has 1 amide bonds. The minimum absolute atomic E-state index is 0.0999. The van der Waals surface area contributed by atoms with Gasteiger partial charge < -0.3 is 9.73 Å². The van der Waals surface area contributed by atoms with Crippen molar-refractivity contribution in [3.63, 3.8) is 0 Å². The minimum atomic E-state index is -0.249. The predicted molar refractivity (Wildman–Crippen MR) is 111 cm³/mol. The smallest absolute Gasteiger partial charge is 0.268 e. The predicted octanol–water partition coefficient (Wildman–Crippen LogP) is 3.34. The summed E-state index contributed by atoms with van der Waals surface area (Å²) < 4.78 is 6.82. The lowest BCUT2D eigenvalue weighted by atomic mass is 10.2. The molecule has 8 heteroatoms. The van der Waals surface area contributed by atoms with Gasteiger partial charge in [0.1, 0.15) is 5.76 Å². The number of pyridine rings is 1. The first kappa shape index (κ1) is 18.9. The van der Waals surface area contributed by atoms with Gasteiger partial charge in [0.25, 0.3) is 5.56 Å². The average molecular weight is 406 g/mol. The highest BCUT2D eigenvalue weighted by atomic mass is 32.2. The normalized spacial score (nSPS) is 12.0. The van der Waals surface area contributed by atoms with E-state index < -0.39 is 0 Å². The van der Waals surface area contributed by atoms with E-state index in [2.05, 4.69) is 15.3 Å². The van der Waals surface area contributed by atoms with Crippen LogP contribution in [0.3, 0.4) is 0 Å². The van der Waals surface area contributed by atoms with Crippen molar-refractivity contribution in [2.75, 3.05) is 5.75 Å². The summed E-state index contributed by atoms with van der Waals surface area (Å²) in [7, 11) is 0. The first-order valence-corrected chi connectivity index (χ1v) is 10.0. The number of para-hydroxylation sites is 1. The molecule has 29 heavy (non-hydrogen) atoms. The zero-order valence-electron chi connectivity index (χ0n) is 15.6. The summed E-state index contributed by atoms with van der Waals surface area (Å²) in [6, 6.07) is 16.0. The first-order valence-electron chi connectivity index (χ1n) is 9.02. The number of fused-ring (bicyclic) bond motifs is 1. The maximum absolute atomic E-state index is 13.1. The van der Waals surface area contributed by atoms with Crippen molar-refractivity contribution in [2.45, 2.75) is 18.1 Å². The second-order valence-corrected chi connectivity index (χ2v) is 7.28. The number of carbonyl (C=O) groups is 1. The van der Waals surface area contributed by atoms with E-state index in [-0.39, 0.29) is 23.3 Å². The van der Waals surface area contributed by atoms with E-state index in [9.17, 15) is 9.59 Å². The van der Waals surface area contributed by atoms with Crippen LogP contribution >= 0.6 is 11.8 Å². The fourth-order valence-corrected chi connectivity index (χ4v) is 3.74. The monoisotopic (exact) mass is 406 g/mol. The van der Waals surface area contributed by atoms with Crippen LogP contribution in [0.2, 0.25) is 0 Å². The van der Waals surface area contributed by atoms with E-state index in [1.54, 1.807) is 30.7 Å². The number of amides is 1. The second-order valence-electron chi connectivity index (χ2n) is 6.34. The van der Waals surface area contributed by atoms with E-state index in [0.717, 1.165) is 0 Å². The molecule has 0 fully saturated rings. The van der Waals surface area contributed by atoms with Gasteiger partial charge in [-0.15, -0.1) is 0 Å². The molecule has 0 saturated carbocycles. The Balaban J connectivity index is 1.62. The maximum Gasteiger partial charge on any atom is 0.268 e. The van der Waals surface area contributed by atoms with Gasteiger partial charge >= 0.3 is 0 Å². The Labute approximate surface area is 170 Å². The van der Waals surface area contributed by atoms with E-state index >= 15 is 0 Å². The van der Waals surface area contributed by atoms with Crippen molar-refractivity contribution in [1.29, 1.82) is 0 Å². The van der Waals surface area contributed by atoms with Crippen molar-refractivity contribution < 1.29 is 9.21 Å². The number of rotatable bonds is 6. The molecule has 1 atom stereocenters. The Morgan fingerprint density at radius 1 is 1.17 bits per heavy atom. The number of thioether (sulfide) groups is 1. The third-order valence-corrected chi connectivity index (χ3v) is 5.25. The van der Waals surface area contributed by atoms with Gasteiger partial charge in [-0.3, -0.25) is 14.2 Å². The van der Waals surface area contributed by atoms with Crippen LogP contribution in [0.1, 0.15) is 18.7 Å². The summed E-state index contributed by atoms with van der Waals surface area (Å²) >= 11 is 1.19.